The summed E-state index contributed by atoms with van der Waals surface area (Å²) in [4.78, 5) is 4.51. The average Bonchev–Trinajstić information content (AvgIpc) is 2.49. The number of aromatic nitrogens is 2. The first-order valence-electron chi connectivity index (χ1n) is 7.42. The van der Waals surface area contributed by atoms with Gasteiger partial charge in [0.2, 0.25) is 0 Å². The van der Waals surface area contributed by atoms with Gasteiger partial charge in [0.05, 0.1) is 12.4 Å². The molecule has 0 aliphatic rings. The molecule has 3 heteroatoms. The van der Waals surface area contributed by atoms with E-state index in [9.17, 15) is 4.39 Å². The van der Waals surface area contributed by atoms with Crippen LogP contribution < -0.4 is 4.57 Å². The van der Waals surface area contributed by atoms with Gasteiger partial charge >= 0.3 is 0 Å². The van der Waals surface area contributed by atoms with E-state index in [1.807, 2.05) is 44.8 Å². The molecule has 0 amide bonds. The Morgan fingerprint density at radius 3 is 2.45 bits per heavy atom. The molecule has 0 N–H and O–H groups in total. The zero-order chi connectivity index (χ0) is 16.0. The van der Waals surface area contributed by atoms with Crippen LogP contribution in [-0.2, 0) is 7.05 Å². The second kappa shape index (κ2) is 5.16. The minimum atomic E-state index is -0.113. The summed E-state index contributed by atoms with van der Waals surface area (Å²) in [5.74, 6) is -0.113. The predicted molar refractivity (Wildman–Crippen MR) is 87.3 cm³/mol. The largest absolute Gasteiger partial charge is 0.287 e. The van der Waals surface area contributed by atoms with Gasteiger partial charge in [-0.05, 0) is 73.1 Å². The topological polar surface area (TPSA) is 16.8 Å². The molecular formula is C19H20FN2+. The van der Waals surface area contributed by atoms with Gasteiger partial charge in [0.25, 0.3) is 6.33 Å². The number of rotatable bonds is 1. The monoisotopic (exact) mass is 295 g/mol. The molecule has 3 rings (SSSR count). The summed E-state index contributed by atoms with van der Waals surface area (Å²) in [7, 11) is 1.98. The molecule has 0 fully saturated rings. The van der Waals surface area contributed by atoms with Crippen LogP contribution in [0, 0.1) is 33.5 Å². The molecule has 0 unspecified atom stereocenters. The fourth-order valence-corrected chi connectivity index (χ4v) is 2.98. The van der Waals surface area contributed by atoms with Gasteiger partial charge in [-0.3, -0.25) is 0 Å². The van der Waals surface area contributed by atoms with Crippen molar-refractivity contribution in [2.75, 3.05) is 0 Å². The Kier molecular flexibility index (Phi) is 3.44. The average molecular weight is 295 g/mol. The Hall–Kier alpha value is -2.29. The summed E-state index contributed by atoms with van der Waals surface area (Å²) in [5, 5.41) is 1.09. The highest BCUT2D eigenvalue weighted by molar-refractivity contribution is 5.91. The molecule has 1 heterocycles. The van der Waals surface area contributed by atoms with E-state index >= 15 is 0 Å². The van der Waals surface area contributed by atoms with Gasteiger partial charge in [0, 0.05) is 5.56 Å². The standard InChI is InChI=1S/C19H20FN2/c1-11-6-7-15-17(8-11)21-10-22(5)19(15)16-9-12(2)18(20)14(4)13(16)3/h6-10H,1-5H3/q+1. The molecule has 1 aromatic heterocycles. The van der Waals surface area contributed by atoms with Crippen LogP contribution in [0.25, 0.3) is 22.2 Å². The molecule has 112 valence electrons. The van der Waals surface area contributed by atoms with Gasteiger partial charge in [-0.1, -0.05) is 6.07 Å². The van der Waals surface area contributed by atoms with Crippen LogP contribution in [-0.4, -0.2) is 4.98 Å². The molecular weight excluding hydrogens is 275 g/mol. The van der Waals surface area contributed by atoms with Crippen molar-refractivity contribution < 1.29 is 8.96 Å². The summed E-state index contributed by atoms with van der Waals surface area (Å²) in [6, 6.07) is 8.20. The zero-order valence-electron chi connectivity index (χ0n) is 13.7. The van der Waals surface area contributed by atoms with Crippen molar-refractivity contribution in [1.29, 1.82) is 0 Å². The molecule has 0 saturated carbocycles. The lowest BCUT2D eigenvalue weighted by Gasteiger charge is -2.13. The van der Waals surface area contributed by atoms with E-state index in [0.29, 0.717) is 11.1 Å². The summed E-state index contributed by atoms with van der Waals surface area (Å²) < 4.78 is 16.1. The summed E-state index contributed by atoms with van der Waals surface area (Å²) in [6.07, 6.45) is 1.82. The smallest absolute Gasteiger partial charge is 0.232 e. The number of aryl methyl sites for hydroxylation is 3. The minimum absolute atomic E-state index is 0.113. The molecule has 3 aromatic rings. The zero-order valence-corrected chi connectivity index (χ0v) is 13.7. The first-order chi connectivity index (χ1) is 10.4. The lowest BCUT2D eigenvalue weighted by Crippen LogP contribution is -2.32. The summed E-state index contributed by atoms with van der Waals surface area (Å²) >= 11 is 0. The molecule has 0 aliphatic heterocycles. The van der Waals surface area contributed by atoms with Crippen molar-refractivity contribution in [2.24, 2.45) is 7.05 Å². The van der Waals surface area contributed by atoms with E-state index in [2.05, 4.69) is 30.1 Å². The fourth-order valence-electron chi connectivity index (χ4n) is 2.98. The van der Waals surface area contributed by atoms with Crippen LogP contribution in [0.15, 0.2) is 30.6 Å². The SMILES string of the molecule is Cc1ccc2c(-c3cc(C)c(F)c(C)c3C)[n+](C)cnc2c1. The molecule has 2 aromatic carbocycles. The third kappa shape index (κ3) is 2.17. The second-order valence-electron chi connectivity index (χ2n) is 6.03. The number of benzene rings is 2. The first-order valence-corrected chi connectivity index (χ1v) is 7.42. The maximum absolute atomic E-state index is 14.1. The van der Waals surface area contributed by atoms with Crippen molar-refractivity contribution in [1.82, 2.24) is 4.98 Å². The Balaban J connectivity index is 2.43. The Morgan fingerprint density at radius 1 is 1.00 bits per heavy atom. The molecule has 0 saturated heterocycles. The van der Waals surface area contributed by atoms with Crippen molar-refractivity contribution in [3.63, 3.8) is 0 Å². The molecule has 0 radical (unpaired) electrons. The Morgan fingerprint density at radius 2 is 1.73 bits per heavy atom. The number of halogens is 1. The van der Waals surface area contributed by atoms with Crippen LogP contribution >= 0.6 is 0 Å². The van der Waals surface area contributed by atoms with Crippen LogP contribution in [0.5, 0.6) is 0 Å². The molecule has 0 spiro atoms. The normalized spacial score (nSPS) is 11.2. The van der Waals surface area contributed by atoms with Gasteiger partial charge < -0.3 is 0 Å². The van der Waals surface area contributed by atoms with Crippen molar-refractivity contribution in [3.05, 3.63) is 58.7 Å². The molecule has 0 aliphatic carbocycles. The lowest BCUT2D eigenvalue weighted by atomic mass is 9.94. The molecule has 0 bridgehead atoms. The number of fused-ring (bicyclic) bond motifs is 1. The van der Waals surface area contributed by atoms with Gasteiger partial charge in [0.1, 0.15) is 11.5 Å². The first kappa shape index (κ1) is 14.6. The molecule has 2 nitrogen and oxygen atoms in total. The number of hydrogen-bond donors (Lipinski definition) is 0. The third-order valence-corrected chi connectivity index (χ3v) is 4.39. The summed E-state index contributed by atoms with van der Waals surface area (Å²) in [6.45, 7) is 7.70. The van der Waals surface area contributed by atoms with E-state index in [1.54, 1.807) is 0 Å². The van der Waals surface area contributed by atoms with Gasteiger partial charge in [-0.15, -0.1) is 0 Å². The maximum atomic E-state index is 14.1. The predicted octanol–water partition coefficient (Wildman–Crippen LogP) is 4.10. The van der Waals surface area contributed by atoms with Crippen molar-refractivity contribution >= 4 is 10.9 Å². The van der Waals surface area contributed by atoms with Gasteiger partial charge in [-0.2, -0.15) is 0 Å². The van der Waals surface area contributed by atoms with E-state index in [-0.39, 0.29) is 5.82 Å². The van der Waals surface area contributed by atoms with E-state index in [1.165, 1.54) is 5.56 Å². The second-order valence-corrected chi connectivity index (χ2v) is 6.03. The van der Waals surface area contributed by atoms with E-state index in [4.69, 9.17) is 0 Å². The molecule has 22 heavy (non-hydrogen) atoms. The van der Waals surface area contributed by atoms with Crippen molar-refractivity contribution in [2.45, 2.75) is 27.7 Å². The van der Waals surface area contributed by atoms with E-state index < -0.39 is 0 Å². The highest BCUT2D eigenvalue weighted by atomic mass is 19.1. The Bertz CT molecular complexity index is 898. The molecule has 0 atom stereocenters. The Labute approximate surface area is 130 Å². The van der Waals surface area contributed by atoms with Gasteiger partial charge in [-0.25, -0.2) is 8.96 Å². The highest BCUT2D eigenvalue weighted by Crippen LogP contribution is 2.31. The van der Waals surface area contributed by atoms with Gasteiger partial charge in [0.15, 0.2) is 5.52 Å². The third-order valence-electron chi connectivity index (χ3n) is 4.39. The van der Waals surface area contributed by atoms with Crippen LogP contribution in [0.2, 0.25) is 0 Å². The minimum Gasteiger partial charge on any atom is -0.232 e. The maximum Gasteiger partial charge on any atom is 0.287 e. The number of hydrogen-bond acceptors (Lipinski definition) is 1. The highest BCUT2D eigenvalue weighted by Gasteiger charge is 2.19. The van der Waals surface area contributed by atoms with Crippen LogP contribution in [0.1, 0.15) is 22.3 Å². The quantitative estimate of drug-likeness (QED) is 0.618. The van der Waals surface area contributed by atoms with Crippen molar-refractivity contribution in [3.8, 4) is 11.3 Å². The fraction of sp³-hybridized carbons (Fsp3) is 0.263. The number of nitrogens with zero attached hydrogens (tertiary/aromatic N) is 2. The van der Waals surface area contributed by atoms with Crippen LogP contribution in [0.4, 0.5) is 4.39 Å². The van der Waals surface area contributed by atoms with E-state index in [0.717, 1.165) is 27.7 Å². The summed E-state index contributed by atoms with van der Waals surface area (Å²) in [5.41, 5.74) is 6.66. The van der Waals surface area contributed by atoms with Crippen LogP contribution in [0.3, 0.4) is 0 Å². The lowest BCUT2D eigenvalue weighted by molar-refractivity contribution is -0.662.